The van der Waals surface area contributed by atoms with Crippen LogP contribution in [-0.2, 0) is 10.3 Å². The van der Waals surface area contributed by atoms with Crippen molar-refractivity contribution in [2.24, 2.45) is 0 Å². The molecule has 0 aliphatic heterocycles. The first-order valence-corrected chi connectivity index (χ1v) is 6.51. The molecule has 0 heterocycles. The minimum Gasteiger partial charge on any atom is -0.497 e. The number of aliphatic hydroxyl groups excluding tert-OH is 1. The summed E-state index contributed by atoms with van der Waals surface area (Å²) in [4.78, 5) is 0. The maximum absolute atomic E-state index is 10.4. The lowest BCUT2D eigenvalue weighted by molar-refractivity contribution is 0.110. The predicted octanol–water partition coefficient (Wildman–Crippen LogP) is -0.173. The fraction of sp³-hybridized carbons (Fsp3) is 0.400. The Balaban J connectivity index is 2.35. The van der Waals surface area contributed by atoms with Gasteiger partial charge in [-0.25, -0.2) is 0 Å². The SMILES string of the molecule is COc1ccc(OCC(O)CNS(=O)(=O)O)cc1. The van der Waals surface area contributed by atoms with E-state index in [1.165, 1.54) is 0 Å². The van der Waals surface area contributed by atoms with E-state index in [2.05, 4.69) is 0 Å². The van der Waals surface area contributed by atoms with Gasteiger partial charge in [0.2, 0.25) is 0 Å². The third-order valence-corrected chi connectivity index (χ3v) is 2.53. The highest BCUT2D eigenvalue weighted by Gasteiger charge is 2.09. The van der Waals surface area contributed by atoms with E-state index in [9.17, 15) is 13.5 Å². The van der Waals surface area contributed by atoms with Gasteiger partial charge in [-0.15, -0.1) is 0 Å². The maximum Gasteiger partial charge on any atom is 0.333 e. The molecule has 0 fully saturated rings. The molecule has 0 amide bonds. The summed E-state index contributed by atoms with van der Waals surface area (Å²) < 4.78 is 41.0. The zero-order chi connectivity index (χ0) is 13.6. The summed E-state index contributed by atoms with van der Waals surface area (Å²) in [6.45, 7) is -0.427. The minimum atomic E-state index is -4.29. The molecule has 0 radical (unpaired) electrons. The number of methoxy groups -OCH3 is 1. The van der Waals surface area contributed by atoms with Crippen molar-refractivity contribution in [3.05, 3.63) is 24.3 Å². The van der Waals surface area contributed by atoms with Crippen molar-refractivity contribution in [1.29, 1.82) is 0 Å². The fourth-order valence-electron chi connectivity index (χ4n) is 1.12. The third kappa shape index (κ3) is 5.82. The monoisotopic (exact) mass is 277 g/mol. The second-order valence-electron chi connectivity index (χ2n) is 3.46. The van der Waals surface area contributed by atoms with Gasteiger partial charge in [0, 0.05) is 6.54 Å². The van der Waals surface area contributed by atoms with Gasteiger partial charge in [-0.05, 0) is 24.3 Å². The number of hydrogen-bond donors (Lipinski definition) is 3. The van der Waals surface area contributed by atoms with Crippen molar-refractivity contribution in [1.82, 2.24) is 4.72 Å². The van der Waals surface area contributed by atoms with Gasteiger partial charge in [-0.2, -0.15) is 13.1 Å². The van der Waals surface area contributed by atoms with Gasteiger partial charge in [0.05, 0.1) is 7.11 Å². The van der Waals surface area contributed by atoms with E-state index >= 15 is 0 Å². The first-order valence-electron chi connectivity index (χ1n) is 5.07. The molecule has 1 aromatic rings. The normalized spacial score (nSPS) is 13.1. The molecule has 18 heavy (non-hydrogen) atoms. The first-order chi connectivity index (χ1) is 8.40. The summed E-state index contributed by atoms with van der Waals surface area (Å²) >= 11 is 0. The molecule has 8 heteroatoms. The summed E-state index contributed by atoms with van der Waals surface area (Å²) in [5, 5.41) is 9.39. The molecule has 1 atom stereocenters. The highest BCUT2D eigenvalue weighted by Crippen LogP contribution is 2.16. The Labute approximate surface area is 105 Å². The summed E-state index contributed by atoms with van der Waals surface area (Å²) in [6.07, 6.45) is -1.06. The van der Waals surface area contributed by atoms with Crippen LogP contribution in [0.15, 0.2) is 24.3 Å². The number of rotatable bonds is 7. The van der Waals surface area contributed by atoms with E-state index < -0.39 is 16.4 Å². The number of ether oxygens (including phenoxy) is 2. The van der Waals surface area contributed by atoms with Crippen LogP contribution in [0.4, 0.5) is 0 Å². The zero-order valence-corrected chi connectivity index (χ0v) is 10.6. The first kappa shape index (κ1) is 14.7. The van der Waals surface area contributed by atoms with Gasteiger partial charge in [0.1, 0.15) is 24.2 Å². The second-order valence-corrected chi connectivity index (χ2v) is 4.70. The molecule has 0 aliphatic rings. The standard InChI is InChI=1S/C10H15NO6S/c1-16-9-2-4-10(5-3-9)17-7-8(12)6-11-18(13,14)15/h2-5,8,11-12H,6-7H2,1H3,(H,13,14,15). The fourth-order valence-corrected chi connectivity index (χ4v) is 1.53. The minimum absolute atomic E-state index is 0.102. The average Bonchev–Trinajstić information content (AvgIpc) is 2.33. The molecule has 0 aromatic heterocycles. The molecule has 1 aromatic carbocycles. The zero-order valence-electron chi connectivity index (χ0n) is 9.74. The smallest absolute Gasteiger partial charge is 0.333 e. The molecule has 3 N–H and O–H groups in total. The average molecular weight is 277 g/mol. The highest BCUT2D eigenvalue weighted by atomic mass is 32.2. The van der Waals surface area contributed by atoms with Gasteiger partial charge in [0.15, 0.2) is 0 Å². The summed E-state index contributed by atoms with van der Waals surface area (Å²) in [5.74, 6) is 1.19. The largest absolute Gasteiger partial charge is 0.497 e. The van der Waals surface area contributed by atoms with Crippen molar-refractivity contribution in [3.63, 3.8) is 0 Å². The van der Waals surface area contributed by atoms with E-state index in [-0.39, 0.29) is 13.2 Å². The van der Waals surface area contributed by atoms with Gasteiger partial charge in [0.25, 0.3) is 0 Å². The van der Waals surface area contributed by atoms with E-state index in [0.717, 1.165) is 0 Å². The molecule has 0 saturated carbocycles. The molecule has 0 bridgehead atoms. The Kier molecular flexibility index (Phi) is 5.35. The van der Waals surface area contributed by atoms with Gasteiger partial charge in [-0.1, -0.05) is 0 Å². The Bertz CT molecular complexity index is 458. The number of benzene rings is 1. The maximum atomic E-state index is 10.4. The lowest BCUT2D eigenvalue weighted by Crippen LogP contribution is -2.34. The summed E-state index contributed by atoms with van der Waals surface area (Å²) in [6, 6.07) is 6.69. The molecule has 0 spiro atoms. The Morgan fingerprint density at radius 1 is 1.28 bits per heavy atom. The predicted molar refractivity (Wildman–Crippen MR) is 64.0 cm³/mol. The third-order valence-electron chi connectivity index (χ3n) is 2.00. The molecule has 1 unspecified atom stereocenters. The number of hydrogen-bond acceptors (Lipinski definition) is 5. The molecular formula is C10H15NO6S. The van der Waals surface area contributed by atoms with Crippen molar-refractivity contribution < 1.29 is 27.6 Å². The van der Waals surface area contributed by atoms with E-state index in [1.54, 1.807) is 36.1 Å². The molecule has 1 rings (SSSR count). The topological polar surface area (TPSA) is 105 Å². The Hall–Kier alpha value is -1.35. The van der Waals surface area contributed by atoms with Crippen LogP contribution < -0.4 is 14.2 Å². The molecular weight excluding hydrogens is 262 g/mol. The quantitative estimate of drug-likeness (QED) is 0.597. The van der Waals surface area contributed by atoms with Gasteiger partial charge < -0.3 is 14.6 Å². The van der Waals surface area contributed by atoms with Crippen molar-refractivity contribution in [2.45, 2.75) is 6.10 Å². The van der Waals surface area contributed by atoms with E-state index in [0.29, 0.717) is 11.5 Å². The van der Waals surface area contributed by atoms with Crippen LogP contribution in [0.5, 0.6) is 11.5 Å². The molecule has 0 aliphatic carbocycles. The second kappa shape index (κ2) is 6.55. The number of aliphatic hydroxyl groups is 1. The molecule has 7 nitrogen and oxygen atoms in total. The van der Waals surface area contributed by atoms with Crippen molar-refractivity contribution >= 4 is 10.3 Å². The van der Waals surface area contributed by atoms with Gasteiger partial charge >= 0.3 is 10.3 Å². The molecule has 102 valence electrons. The van der Waals surface area contributed by atoms with E-state index in [1.807, 2.05) is 0 Å². The Morgan fingerprint density at radius 3 is 2.33 bits per heavy atom. The summed E-state index contributed by atoms with van der Waals surface area (Å²) in [7, 11) is -2.75. The van der Waals surface area contributed by atoms with Crippen LogP contribution in [0.2, 0.25) is 0 Å². The van der Waals surface area contributed by atoms with Gasteiger partial charge in [-0.3, -0.25) is 4.55 Å². The van der Waals surface area contributed by atoms with Crippen LogP contribution >= 0.6 is 0 Å². The van der Waals surface area contributed by atoms with Crippen molar-refractivity contribution in [2.75, 3.05) is 20.3 Å². The van der Waals surface area contributed by atoms with Crippen LogP contribution in [-0.4, -0.2) is 44.4 Å². The van der Waals surface area contributed by atoms with Crippen LogP contribution in [0.25, 0.3) is 0 Å². The van der Waals surface area contributed by atoms with Crippen LogP contribution in [0.3, 0.4) is 0 Å². The highest BCUT2D eigenvalue weighted by molar-refractivity contribution is 7.83. The summed E-state index contributed by atoms with van der Waals surface area (Å²) in [5.41, 5.74) is 0. The van der Waals surface area contributed by atoms with Crippen LogP contribution in [0, 0.1) is 0 Å². The lowest BCUT2D eigenvalue weighted by Gasteiger charge is -2.12. The molecule has 0 saturated heterocycles. The number of nitrogens with one attached hydrogen (secondary N) is 1. The van der Waals surface area contributed by atoms with E-state index in [4.69, 9.17) is 14.0 Å². The Morgan fingerprint density at radius 2 is 1.83 bits per heavy atom. The van der Waals surface area contributed by atoms with Crippen molar-refractivity contribution in [3.8, 4) is 11.5 Å². The lowest BCUT2D eigenvalue weighted by atomic mass is 10.3. The van der Waals surface area contributed by atoms with Crippen LogP contribution in [0.1, 0.15) is 0 Å².